The third-order valence-electron chi connectivity index (χ3n) is 3.66. The van der Waals surface area contributed by atoms with Crippen LogP contribution >= 0.6 is 0 Å². The van der Waals surface area contributed by atoms with Crippen LogP contribution in [0, 0.1) is 13.8 Å². The highest BCUT2D eigenvalue weighted by atomic mass is 16.1. The normalized spacial score (nSPS) is 13.7. The molecule has 0 atom stereocenters. The van der Waals surface area contributed by atoms with Crippen LogP contribution in [0.2, 0.25) is 0 Å². The first-order valence-electron chi connectivity index (χ1n) is 6.35. The summed E-state index contributed by atoms with van der Waals surface area (Å²) < 4.78 is 0. The zero-order valence-electron chi connectivity index (χ0n) is 10.7. The van der Waals surface area contributed by atoms with Gasteiger partial charge in [-0.05, 0) is 44.2 Å². The predicted molar refractivity (Wildman–Crippen MR) is 71.8 cm³/mol. The van der Waals surface area contributed by atoms with Gasteiger partial charge in [0.15, 0.2) is 0 Å². The van der Waals surface area contributed by atoms with Crippen molar-refractivity contribution >= 4 is 0 Å². The summed E-state index contributed by atoms with van der Waals surface area (Å²) in [6.45, 7) is 4.10. The molecule has 0 unspecified atom stereocenters. The van der Waals surface area contributed by atoms with Gasteiger partial charge in [0, 0.05) is 11.1 Å². The molecular formula is C15H16N2O. The van der Waals surface area contributed by atoms with Crippen LogP contribution in [0.15, 0.2) is 23.0 Å². The first-order valence-corrected chi connectivity index (χ1v) is 6.35. The van der Waals surface area contributed by atoms with Gasteiger partial charge in [0.25, 0.3) is 5.56 Å². The van der Waals surface area contributed by atoms with E-state index in [0.29, 0.717) is 0 Å². The third kappa shape index (κ3) is 1.67. The molecule has 3 rings (SSSR count). The van der Waals surface area contributed by atoms with E-state index in [4.69, 9.17) is 0 Å². The maximum absolute atomic E-state index is 12.0. The Morgan fingerprint density at radius 2 is 1.89 bits per heavy atom. The van der Waals surface area contributed by atoms with Gasteiger partial charge in [0.1, 0.15) is 5.82 Å². The molecule has 0 fully saturated rings. The van der Waals surface area contributed by atoms with Gasteiger partial charge in [-0.15, -0.1) is 0 Å². The highest BCUT2D eigenvalue weighted by Crippen LogP contribution is 2.25. The molecule has 1 aromatic carbocycles. The number of H-pyrrole nitrogens is 1. The smallest absolute Gasteiger partial charge is 0.254 e. The third-order valence-corrected chi connectivity index (χ3v) is 3.66. The van der Waals surface area contributed by atoms with Crippen LogP contribution < -0.4 is 5.56 Å². The van der Waals surface area contributed by atoms with Crippen LogP contribution in [-0.2, 0) is 12.8 Å². The van der Waals surface area contributed by atoms with Gasteiger partial charge in [-0.1, -0.05) is 18.2 Å². The molecule has 1 heterocycles. The Labute approximate surface area is 106 Å². The van der Waals surface area contributed by atoms with Crippen LogP contribution in [-0.4, -0.2) is 9.97 Å². The van der Waals surface area contributed by atoms with E-state index in [1.165, 1.54) is 0 Å². The highest BCUT2D eigenvalue weighted by Gasteiger charge is 2.18. The number of hydrogen-bond acceptors (Lipinski definition) is 2. The van der Waals surface area contributed by atoms with Crippen LogP contribution in [0.5, 0.6) is 0 Å². The summed E-state index contributed by atoms with van der Waals surface area (Å²) in [5.41, 5.74) is 5.26. The summed E-state index contributed by atoms with van der Waals surface area (Å²) in [6, 6.07) is 6.13. The summed E-state index contributed by atoms with van der Waals surface area (Å²) in [5.74, 6) is 0.719. The predicted octanol–water partition coefficient (Wildman–Crippen LogP) is 2.54. The Kier molecular flexibility index (Phi) is 2.54. The maximum Gasteiger partial charge on any atom is 0.254 e. The topological polar surface area (TPSA) is 45.8 Å². The van der Waals surface area contributed by atoms with Gasteiger partial charge in [0.2, 0.25) is 0 Å². The zero-order chi connectivity index (χ0) is 12.7. The molecule has 1 aliphatic carbocycles. The van der Waals surface area contributed by atoms with E-state index in [0.717, 1.165) is 53.0 Å². The van der Waals surface area contributed by atoms with Crippen molar-refractivity contribution in [3.63, 3.8) is 0 Å². The lowest BCUT2D eigenvalue weighted by molar-refractivity contribution is 0.899. The fourth-order valence-corrected chi connectivity index (χ4v) is 2.75. The van der Waals surface area contributed by atoms with Gasteiger partial charge in [-0.2, -0.15) is 0 Å². The summed E-state index contributed by atoms with van der Waals surface area (Å²) in [7, 11) is 0. The Morgan fingerprint density at radius 3 is 2.61 bits per heavy atom. The summed E-state index contributed by atoms with van der Waals surface area (Å²) in [6.07, 6.45) is 2.84. The molecule has 92 valence electrons. The van der Waals surface area contributed by atoms with Gasteiger partial charge in [-0.25, -0.2) is 4.98 Å². The number of nitrogens with one attached hydrogen (secondary N) is 1. The second-order valence-corrected chi connectivity index (χ2v) is 4.96. The maximum atomic E-state index is 12.0. The molecule has 3 nitrogen and oxygen atoms in total. The van der Waals surface area contributed by atoms with E-state index in [-0.39, 0.29) is 5.56 Å². The molecule has 3 heteroatoms. The number of benzene rings is 1. The average molecular weight is 240 g/mol. The van der Waals surface area contributed by atoms with Crippen LogP contribution in [0.1, 0.15) is 28.8 Å². The Bertz CT molecular complexity index is 650. The monoisotopic (exact) mass is 240 g/mol. The van der Waals surface area contributed by atoms with Crippen molar-refractivity contribution in [1.82, 2.24) is 9.97 Å². The highest BCUT2D eigenvalue weighted by molar-refractivity contribution is 5.64. The lowest BCUT2D eigenvalue weighted by atomic mass is 10.0. The number of aromatic amines is 1. The molecule has 2 aromatic rings. The fraction of sp³-hybridized carbons (Fsp3) is 0.333. The second kappa shape index (κ2) is 4.09. The summed E-state index contributed by atoms with van der Waals surface area (Å²) in [5, 5.41) is 0. The molecule has 0 saturated heterocycles. The molecule has 0 saturated carbocycles. The minimum absolute atomic E-state index is 0.0372. The van der Waals surface area contributed by atoms with E-state index in [1.54, 1.807) is 0 Å². The Hall–Kier alpha value is -1.90. The van der Waals surface area contributed by atoms with Crippen LogP contribution in [0.3, 0.4) is 0 Å². The second-order valence-electron chi connectivity index (χ2n) is 4.96. The number of nitrogens with zero attached hydrogens (tertiary/aromatic N) is 1. The van der Waals surface area contributed by atoms with Gasteiger partial charge in [0.05, 0.1) is 5.69 Å². The number of aromatic nitrogens is 2. The minimum Gasteiger partial charge on any atom is -0.306 e. The SMILES string of the molecule is Cc1cccc(C)c1-c1nc2c(c(=O)[nH]1)CCC2. The first-order chi connectivity index (χ1) is 8.66. The van der Waals surface area contributed by atoms with E-state index in [2.05, 4.69) is 35.9 Å². The summed E-state index contributed by atoms with van der Waals surface area (Å²) in [4.78, 5) is 19.6. The Balaban J connectivity index is 2.25. The lowest BCUT2D eigenvalue weighted by Crippen LogP contribution is -2.15. The number of hydrogen-bond donors (Lipinski definition) is 1. The standard InChI is InChI=1S/C15H16N2O/c1-9-5-3-6-10(2)13(9)14-16-12-8-4-7-11(12)15(18)17-14/h3,5-6H,4,7-8H2,1-2H3,(H,16,17,18). The zero-order valence-corrected chi connectivity index (χ0v) is 10.7. The lowest BCUT2D eigenvalue weighted by Gasteiger charge is -2.10. The minimum atomic E-state index is 0.0372. The number of fused-ring (bicyclic) bond motifs is 1. The largest absolute Gasteiger partial charge is 0.306 e. The summed E-state index contributed by atoms with van der Waals surface area (Å²) >= 11 is 0. The molecule has 18 heavy (non-hydrogen) atoms. The van der Waals surface area contributed by atoms with E-state index >= 15 is 0 Å². The fourth-order valence-electron chi connectivity index (χ4n) is 2.75. The molecular weight excluding hydrogens is 224 g/mol. The molecule has 0 aliphatic heterocycles. The molecule has 1 aromatic heterocycles. The van der Waals surface area contributed by atoms with Crippen molar-refractivity contribution < 1.29 is 0 Å². The van der Waals surface area contributed by atoms with Gasteiger partial charge < -0.3 is 4.98 Å². The van der Waals surface area contributed by atoms with Crippen molar-refractivity contribution in [2.45, 2.75) is 33.1 Å². The van der Waals surface area contributed by atoms with Crippen molar-refractivity contribution in [2.75, 3.05) is 0 Å². The van der Waals surface area contributed by atoms with E-state index < -0.39 is 0 Å². The van der Waals surface area contributed by atoms with Crippen molar-refractivity contribution in [3.8, 4) is 11.4 Å². The molecule has 1 N–H and O–H groups in total. The molecule has 0 radical (unpaired) electrons. The molecule has 0 amide bonds. The van der Waals surface area contributed by atoms with Crippen LogP contribution in [0.4, 0.5) is 0 Å². The molecule has 0 spiro atoms. The van der Waals surface area contributed by atoms with Gasteiger partial charge in [-0.3, -0.25) is 4.79 Å². The number of aryl methyl sites for hydroxylation is 3. The van der Waals surface area contributed by atoms with Crippen molar-refractivity contribution in [2.24, 2.45) is 0 Å². The molecule has 1 aliphatic rings. The van der Waals surface area contributed by atoms with Gasteiger partial charge >= 0.3 is 0 Å². The van der Waals surface area contributed by atoms with Crippen LogP contribution in [0.25, 0.3) is 11.4 Å². The molecule has 0 bridgehead atoms. The Morgan fingerprint density at radius 1 is 1.17 bits per heavy atom. The quantitative estimate of drug-likeness (QED) is 0.832. The van der Waals surface area contributed by atoms with Crippen molar-refractivity contribution in [1.29, 1.82) is 0 Å². The first kappa shape index (κ1) is 11.2. The van der Waals surface area contributed by atoms with Crippen molar-refractivity contribution in [3.05, 3.63) is 50.9 Å². The average Bonchev–Trinajstić information content (AvgIpc) is 2.77. The van der Waals surface area contributed by atoms with E-state index in [9.17, 15) is 4.79 Å². The number of rotatable bonds is 1. The van der Waals surface area contributed by atoms with E-state index in [1.807, 2.05) is 6.07 Å².